The van der Waals surface area contributed by atoms with E-state index < -0.39 is 12.3 Å². The van der Waals surface area contributed by atoms with Crippen molar-refractivity contribution in [1.82, 2.24) is 4.57 Å². The molecule has 7 nitrogen and oxygen atoms in total. The molecule has 0 radical (unpaired) electrons. The summed E-state index contributed by atoms with van der Waals surface area (Å²) < 4.78 is 17.8. The second kappa shape index (κ2) is 7.49. The predicted octanol–water partition coefficient (Wildman–Crippen LogP) is 2.77. The third kappa shape index (κ3) is 3.14. The van der Waals surface area contributed by atoms with E-state index in [9.17, 15) is 10.1 Å². The molecule has 1 aromatic heterocycles. The van der Waals surface area contributed by atoms with Gasteiger partial charge in [-0.15, -0.1) is 0 Å². The van der Waals surface area contributed by atoms with Gasteiger partial charge in [0.2, 0.25) is 0 Å². The van der Waals surface area contributed by atoms with E-state index in [0.29, 0.717) is 11.3 Å². The van der Waals surface area contributed by atoms with Crippen molar-refractivity contribution in [3.63, 3.8) is 0 Å². The Morgan fingerprint density at radius 3 is 2.54 bits per heavy atom. The fraction of sp³-hybridized carbons (Fsp3) is 0.250. The van der Waals surface area contributed by atoms with Gasteiger partial charge in [0.1, 0.15) is 6.07 Å². The van der Waals surface area contributed by atoms with Crippen LogP contribution in [0.3, 0.4) is 0 Å². The number of ether oxygens (including phenoxy) is 3. The lowest BCUT2D eigenvalue weighted by Crippen LogP contribution is -2.14. The topological polar surface area (TPSA) is 99.5 Å². The number of benzene rings is 1. The molecule has 2 aromatic rings. The van der Waals surface area contributed by atoms with Crippen LogP contribution in [0.5, 0.6) is 0 Å². The Balaban J connectivity index is 2.78. The van der Waals surface area contributed by atoms with Gasteiger partial charge in [-0.3, -0.25) is 0 Å². The standard InChI is InChI=1S/C16H16BrN3O4/c1-22-15(21)14-13(19)9(7-18)8-20(14)12-5-4-10(17)6-11(12)16(23-2)24-3/h4-6,8,16H,19H2,1-3H3. The zero-order valence-electron chi connectivity index (χ0n) is 13.4. The summed E-state index contributed by atoms with van der Waals surface area (Å²) >= 11 is 3.40. The molecule has 1 heterocycles. The highest BCUT2D eigenvalue weighted by atomic mass is 79.9. The van der Waals surface area contributed by atoms with Crippen molar-refractivity contribution in [1.29, 1.82) is 5.26 Å². The number of carbonyl (C=O) groups is 1. The molecule has 0 unspecified atom stereocenters. The van der Waals surface area contributed by atoms with E-state index in [1.165, 1.54) is 32.1 Å². The van der Waals surface area contributed by atoms with E-state index in [0.717, 1.165) is 4.47 Å². The van der Waals surface area contributed by atoms with Crippen molar-refractivity contribution in [3.05, 3.63) is 45.7 Å². The Morgan fingerprint density at radius 2 is 2.00 bits per heavy atom. The quantitative estimate of drug-likeness (QED) is 0.619. The summed E-state index contributed by atoms with van der Waals surface area (Å²) in [5.74, 6) is -0.644. The summed E-state index contributed by atoms with van der Waals surface area (Å²) in [5.41, 5.74) is 7.48. The maximum Gasteiger partial charge on any atom is 0.357 e. The smallest absolute Gasteiger partial charge is 0.357 e. The molecule has 0 bridgehead atoms. The van der Waals surface area contributed by atoms with Crippen LogP contribution >= 0.6 is 15.9 Å². The summed E-state index contributed by atoms with van der Waals surface area (Å²) in [6.07, 6.45) is 0.814. The van der Waals surface area contributed by atoms with Crippen LogP contribution in [-0.2, 0) is 14.2 Å². The first kappa shape index (κ1) is 18.0. The molecule has 2 rings (SSSR count). The van der Waals surface area contributed by atoms with E-state index in [-0.39, 0.29) is 16.9 Å². The van der Waals surface area contributed by atoms with Crippen molar-refractivity contribution in [3.8, 4) is 11.8 Å². The first-order chi connectivity index (χ1) is 11.5. The lowest BCUT2D eigenvalue weighted by molar-refractivity contribution is -0.106. The lowest BCUT2D eigenvalue weighted by Gasteiger charge is -2.19. The van der Waals surface area contributed by atoms with Gasteiger partial charge in [-0.1, -0.05) is 15.9 Å². The average molecular weight is 394 g/mol. The van der Waals surface area contributed by atoms with Crippen LogP contribution in [0.15, 0.2) is 28.9 Å². The molecule has 0 fully saturated rings. The highest BCUT2D eigenvalue weighted by molar-refractivity contribution is 9.10. The fourth-order valence-corrected chi connectivity index (χ4v) is 2.77. The van der Waals surface area contributed by atoms with Gasteiger partial charge in [0.25, 0.3) is 0 Å². The Hall–Kier alpha value is -2.34. The first-order valence-electron chi connectivity index (χ1n) is 6.83. The third-order valence-electron chi connectivity index (χ3n) is 3.47. The van der Waals surface area contributed by atoms with Crippen LogP contribution in [0, 0.1) is 11.3 Å². The van der Waals surface area contributed by atoms with Crippen LogP contribution in [-0.4, -0.2) is 31.9 Å². The molecular weight excluding hydrogens is 378 g/mol. The van der Waals surface area contributed by atoms with Crippen LogP contribution in [0.25, 0.3) is 5.69 Å². The second-order valence-electron chi connectivity index (χ2n) is 4.78. The fourth-order valence-electron chi connectivity index (χ4n) is 2.39. The zero-order chi connectivity index (χ0) is 17.9. The largest absolute Gasteiger partial charge is 0.464 e. The van der Waals surface area contributed by atoms with E-state index in [2.05, 4.69) is 15.9 Å². The summed E-state index contributed by atoms with van der Waals surface area (Å²) in [6.45, 7) is 0. The predicted molar refractivity (Wildman–Crippen MR) is 90.7 cm³/mol. The number of methoxy groups -OCH3 is 3. The molecule has 0 spiro atoms. The normalized spacial score (nSPS) is 10.7. The molecule has 0 amide bonds. The number of hydrogen-bond acceptors (Lipinski definition) is 6. The molecular formula is C16H16BrN3O4. The number of carbonyl (C=O) groups excluding carboxylic acids is 1. The van der Waals surface area contributed by atoms with Crippen LogP contribution in [0.2, 0.25) is 0 Å². The summed E-state index contributed by atoms with van der Waals surface area (Å²) in [4.78, 5) is 12.1. The van der Waals surface area contributed by atoms with Crippen LogP contribution in [0.4, 0.5) is 5.69 Å². The molecule has 8 heteroatoms. The number of hydrogen-bond donors (Lipinski definition) is 1. The Labute approximate surface area is 147 Å². The number of aromatic nitrogens is 1. The molecule has 126 valence electrons. The SMILES string of the molecule is COC(=O)c1c(N)c(C#N)cn1-c1ccc(Br)cc1C(OC)OC. The molecule has 0 saturated heterocycles. The number of anilines is 1. The van der Waals surface area contributed by atoms with E-state index >= 15 is 0 Å². The number of rotatable bonds is 5. The first-order valence-corrected chi connectivity index (χ1v) is 7.62. The summed E-state index contributed by atoms with van der Waals surface area (Å²) in [6, 6.07) is 7.33. The molecule has 0 atom stereocenters. The number of esters is 1. The molecule has 1 aromatic carbocycles. The maximum atomic E-state index is 12.1. The number of nitrogens with zero attached hydrogens (tertiary/aromatic N) is 2. The Morgan fingerprint density at radius 1 is 1.33 bits per heavy atom. The van der Waals surface area contributed by atoms with Crippen LogP contribution in [0.1, 0.15) is 27.9 Å². The monoisotopic (exact) mass is 393 g/mol. The minimum absolute atomic E-state index is 0.0598. The van der Waals surface area contributed by atoms with Gasteiger partial charge in [-0.05, 0) is 18.2 Å². The van der Waals surface area contributed by atoms with Gasteiger partial charge in [-0.2, -0.15) is 5.26 Å². The van der Waals surface area contributed by atoms with Gasteiger partial charge in [0.15, 0.2) is 12.0 Å². The third-order valence-corrected chi connectivity index (χ3v) is 3.97. The molecule has 2 N–H and O–H groups in total. The minimum Gasteiger partial charge on any atom is -0.464 e. The van der Waals surface area contributed by atoms with Crippen LogP contribution < -0.4 is 5.73 Å². The Kier molecular flexibility index (Phi) is 5.62. The van der Waals surface area contributed by atoms with E-state index in [1.807, 2.05) is 6.07 Å². The van der Waals surface area contributed by atoms with Gasteiger partial charge in [-0.25, -0.2) is 4.79 Å². The molecule has 0 aliphatic rings. The zero-order valence-corrected chi connectivity index (χ0v) is 15.0. The summed E-state index contributed by atoms with van der Waals surface area (Å²) in [7, 11) is 4.26. The van der Waals surface area contributed by atoms with Crippen molar-refractivity contribution in [2.75, 3.05) is 27.1 Å². The van der Waals surface area contributed by atoms with Gasteiger partial charge in [0, 0.05) is 30.5 Å². The number of halogens is 1. The highest BCUT2D eigenvalue weighted by Gasteiger charge is 2.25. The second-order valence-corrected chi connectivity index (χ2v) is 5.70. The molecule has 24 heavy (non-hydrogen) atoms. The van der Waals surface area contributed by atoms with Crippen molar-refractivity contribution >= 4 is 27.6 Å². The minimum atomic E-state index is -0.669. The van der Waals surface area contributed by atoms with Gasteiger partial charge < -0.3 is 24.5 Å². The van der Waals surface area contributed by atoms with Crippen molar-refractivity contribution in [2.45, 2.75) is 6.29 Å². The van der Waals surface area contributed by atoms with Crippen molar-refractivity contribution < 1.29 is 19.0 Å². The van der Waals surface area contributed by atoms with Crippen molar-refractivity contribution in [2.24, 2.45) is 0 Å². The van der Waals surface area contributed by atoms with E-state index in [4.69, 9.17) is 19.9 Å². The van der Waals surface area contributed by atoms with Gasteiger partial charge in [0.05, 0.1) is 24.0 Å². The Bertz CT molecular complexity index is 806. The van der Waals surface area contributed by atoms with Gasteiger partial charge >= 0.3 is 5.97 Å². The van der Waals surface area contributed by atoms with E-state index in [1.54, 1.807) is 18.2 Å². The highest BCUT2D eigenvalue weighted by Crippen LogP contribution is 2.32. The maximum absolute atomic E-state index is 12.1. The molecule has 0 saturated carbocycles. The molecule has 0 aliphatic heterocycles. The molecule has 0 aliphatic carbocycles. The number of nitriles is 1. The number of nitrogen functional groups attached to an aromatic ring is 1. The summed E-state index contributed by atoms with van der Waals surface area (Å²) in [5, 5.41) is 9.22. The average Bonchev–Trinajstić information content (AvgIpc) is 2.92. The number of nitrogens with two attached hydrogens (primary N) is 1. The lowest BCUT2D eigenvalue weighted by atomic mass is 10.1.